The summed E-state index contributed by atoms with van der Waals surface area (Å²) in [6, 6.07) is 4.13. The van der Waals surface area contributed by atoms with Crippen molar-refractivity contribution in [1.29, 1.82) is 0 Å². The molecule has 0 aliphatic heterocycles. The van der Waals surface area contributed by atoms with Gasteiger partial charge in [-0.3, -0.25) is 19.7 Å². The van der Waals surface area contributed by atoms with Gasteiger partial charge < -0.3 is 10.6 Å². The number of carbonyl (C=O) groups is 2. The highest BCUT2D eigenvalue weighted by Crippen LogP contribution is 2.18. The Morgan fingerprint density at radius 1 is 1.39 bits per heavy atom. The van der Waals surface area contributed by atoms with E-state index in [2.05, 4.69) is 10.6 Å². The summed E-state index contributed by atoms with van der Waals surface area (Å²) < 4.78 is 0. The number of carbonyl (C=O) groups excluding carboxylic acids is 2. The van der Waals surface area contributed by atoms with Gasteiger partial charge in [0.2, 0.25) is 5.91 Å². The van der Waals surface area contributed by atoms with Gasteiger partial charge in [0.25, 0.3) is 11.6 Å². The second-order valence-electron chi connectivity index (χ2n) is 5.47. The molecule has 0 spiro atoms. The van der Waals surface area contributed by atoms with E-state index in [4.69, 9.17) is 0 Å². The maximum Gasteiger partial charge on any atom is 0.272 e. The molecule has 0 saturated carbocycles. The maximum atomic E-state index is 12.0. The van der Waals surface area contributed by atoms with Crippen molar-refractivity contribution in [1.82, 2.24) is 10.6 Å². The summed E-state index contributed by atoms with van der Waals surface area (Å²) in [4.78, 5) is 34.1. The first-order valence-corrected chi connectivity index (χ1v) is 7.46. The number of amides is 2. The Hall–Kier alpha value is -2.70. The average molecular weight is 317 g/mol. The minimum atomic E-state index is -0.498. The average Bonchev–Trinajstić information content (AvgIpc) is 2.53. The second-order valence-corrected chi connectivity index (χ2v) is 5.47. The van der Waals surface area contributed by atoms with Gasteiger partial charge in [0.1, 0.15) is 0 Å². The fourth-order valence-electron chi connectivity index (χ4n) is 2.45. The summed E-state index contributed by atoms with van der Waals surface area (Å²) in [5.74, 6) is -0.689. The molecule has 1 atom stereocenters. The van der Waals surface area contributed by atoms with Gasteiger partial charge in [-0.2, -0.15) is 0 Å². The van der Waals surface area contributed by atoms with Gasteiger partial charge in [-0.15, -0.1) is 0 Å². The van der Waals surface area contributed by atoms with Crippen molar-refractivity contribution < 1.29 is 14.5 Å². The standard InChI is InChI=1S/C16H19N3O4/c1-11-9-12(7-8-14(11)19(22)23)16(21)17-10-15(20)18-13-5-3-2-4-6-13/h3,5,7-9,13H,2,4,6,10H2,1H3,(H,17,21)(H,18,20)/t13-/m1/s1. The van der Waals surface area contributed by atoms with E-state index in [1.54, 1.807) is 6.92 Å². The Morgan fingerprint density at radius 2 is 2.17 bits per heavy atom. The molecule has 122 valence electrons. The van der Waals surface area contributed by atoms with E-state index in [1.807, 2.05) is 12.2 Å². The molecule has 1 aromatic rings. The zero-order chi connectivity index (χ0) is 16.8. The van der Waals surface area contributed by atoms with Gasteiger partial charge in [-0.25, -0.2) is 0 Å². The van der Waals surface area contributed by atoms with Crippen molar-refractivity contribution in [2.45, 2.75) is 32.2 Å². The van der Waals surface area contributed by atoms with E-state index in [9.17, 15) is 19.7 Å². The molecular weight excluding hydrogens is 298 g/mol. The molecule has 0 aromatic heterocycles. The first-order chi connectivity index (χ1) is 11.0. The molecule has 2 rings (SSSR count). The molecule has 23 heavy (non-hydrogen) atoms. The van der Waals surface area contributed by atoms with E-state index in [0.717, 1.165) is 19.3 Å². The summed E-state index contributed by atoms with van der Waals surface area (Å²) in [5.41, 5.74) is 0.654. The lowest BCUT2D eigenvalue weighted by molar-refractivity contribution is -0.385. The normalized spacial score (nSPS) is 16.7. The number of nitrogens with zero attached hydrogens (tertiary/aromatic N) is 1. The van der Waals surface area contributed by atoms with Gasteiger partial charge in [0.15, 0.2) is 0 Å². The van der Waals surface area contributed by atoms with Crippen LogP contribution >= 0.6 is 0 Å². The highest BCUT2D eigenvalue weighted by molar-refractivity contribution is 5.96. The third-order valence-electron chi connectivity index (χ3n) is 3.67. The SMILES string of the molecule is Cc1cc(C(=O)NCC(=O)N[C@@H]2C=CCCC2)ccc1[N+](=O)[O-]. The maximum absolute atomic E-state index is 12.0. The lowest BCUT2D eigenvalue weighted by atomic mass is 10.0. The van der Waals surface area contributed by atoms with Crippen molar-refractivity contribution in [3.63, 3.8) is 0 Å². The van der Waals surface area contributed by atoms with Crippen LogP contribution in [0.4, 0.5) is 5.69 Å². The Bertz CT molecular complexity index is 655. The highest BCUT2D eigenvalue weighted by atomic mass is 16.6. The lowest BCUT2D eigenvalue weighted by Crippen LogP contribution is -2.41. The van der Waals surface area contributed by atoms with E-state index >= 15 is 0 Å². The van der Waals surface area contributed by atoms with Gasteiger partial charge in [0, 0.05) is 23.2 Å². The zero-order valence-corrected chi connectivity index (χ0v) is 12.9. The molecule has 0 fully saturated rings. The third-order valence-corrected chi connectivity index (χ3v) is 3.67. The number of benzene rings is 1. The number of hydrogen-bond acceptors (Lipinski definition) is 4. The molecule has 0 bridgehead atoms. The second kappa shape index (κ2) is 7.53. The zero-order valence-electron chi connectivity index (χ0n) is 12.9. The smallest absolute Gasteiger partial charge is 0.272 e. The third kappa shape index (κ3) is 4.64. The molecule has 2 amide bonds. The van der Waals surface area contributed by atoms with Crippen molar-refractivity contribution in [2.24, 2.45) is 0 Å². The Morgan fingerprint density at radius 3 is 2.78 bits per heavy atom. The molecule has 0 unspecified atom stereocenters. The monoisotopic (exact) mass is 317 g/mol. The van der Waals surface area contributed by atoms with Crippen LogP contribution < -0.4 is 10.6 Å². The van der Waals surface area contributed by atoms with Crippen LogP contribution in [0.25, 0.3) is 0 Å². The number of nitrogens with one attached hydrogen (secondary N) is 2. The fraction of sp³-hybridized carbons (Fsp3) is 0.375. The summed E-state index contributed by atoms with van der Waals surface area (Å²) in [5, 5.41) is 16.1. The number of rotatable bonds is 5. The van der Waals surface area contributed by atoms with E-state index < -0.39 is 10.8 Å². The number of allylic oxidation sites excluding steroid dienone is 1. The van der Waals surface area contributed by atoms with Gasteiger partial charge in [-0.1, -0.05) is 12.2 Å². The van der Waals surface area contributed by atoms with Crippen LogP contribution in [0.1, 0.15) is 35.2 Å². The minimum absolute atomic E-state index is 0.0229. The van der Waals surface area contributed by atoms with Gasteiger partial charge in [-0.05, 0) is 38.3 Å². The van der Waals surface area contributed by atoms with Crippen molar-refractivity contribution in [3.05, 3.63) is 51.6 Å². The summed E-state index contributed by atoms with van der Waals surface area (Å²) >= 11 is 0. The molecular formula is C16H19N3O4. The molecule has 0 radical (unpaired) electrons. The van der Waals surface area contributed by atoms with Crippen LogP contribution in [0.15, 0.2) is 30.4 Å². The quantitative estimate of drug-likeness (QED) is 0.491. The number of nitro benzene ring substituents is 1. The molecule has 1 aliphatic carbocycles. The Labute approximate surface area is 133 Å². The van der Waals surface area contributed by atoms with Crippen LogP contribution in [0, 0.1) is 17.0 Å². The molecule has 1 aliphatic rings. The van der Waals surface area contributed by atoms with E-state index in [0.29, 0.717) is 11.1 Å². The van der Waals surface area contributed by atoms with Crippen LogP contribution in [-0.2, 0) is 4.79 Å². The molecule has 0 heterocycles. The van der Waals surface area contributed by atoms with Gasteiger partial charge >= 0.3 is 0 Å². The molecule has 2 N–H and O–H groups in total. The molecule has 0 saturated heterocycles. The van der Waals surface area contributed by atoms with Crippen LogP contribution in [0.5, 0.6) is 0 Å². The largest absolute Gasteiger partial charge is 0.348 e. The molecule has 7 heteroatoms. The number of hydrogen-bond donors (Lipinski definition) is 2. The van der Waals surface area contributed by atoms with Crippen LogP contribution in [-0.4, -0.2) is 29.3 Å². The van der Waals surface area contributed by atoms with Crippen LogP contribution in [0.2, 0.25) is 0 Å². The predicted octanol–water partition coefficient (Wildman–Crippen LogP) is 1.86. The number of nitro groups is 1. The Balaban J connectivity index is 1.88. The summed E-state index contributed by atoms with van der Waals surface area (Å²) in [7, 11) is 0. The van der Waals surface area contributed by atoms with E-state index in [-0.39, 0.29) is 24.2 Å². The van der Waals surface area contributed by atoms with E-state index in [1.165, 1.54) is 18.2 Å². The van der Waals surface area contributed by atoms with Crippen molar-refractivity contribution >= 4 is 17.5 Å². The van der Waals surface area contributed by atoms with Gasteiger partial charge in [0.05, 0.1) is 11.5 Å². The Kier molecular flexibility index (Phi) is 5.46. The highest BCUT2D eigenvalue weighted by Gasteiger charge is 2.15. The first-order valence-electron chi connectivity index (χ1n) is 7.46. The number of aryl methyl sites for hydroxylation is 1. The lowest BCUT2D eigenvalue weighted by Gasteiger charge is -2.18. The topological polar surface area (TPSA) is 101 Å². The van der Waals surface area contributed by atoms with Crippen molar-refractivity contribution in [3.8, 4) is 0 Å². The van der Waals surface area contributed by atoms with Crippen LogP contribution in [0.3, 0.4) is 0 Å². The molecule has 7 nitrogen and oxygen atoms in total. The predicted molar refractivity (Wildman–Crippen MR) is 85.1 cm³/mol. The summed E-state index contributed by atoms with van der Waals surface area (Å²) in [6.45, 7) is 1.44. The fourth-order valence-corrected chi connectivity index (χ4v) is 2.45. The summed E-state index contributed by atoms with van der Waals surface area (Å²) in [6.07, 6.45) is 6.96. The van der Waals surface area contributed by atoms with Crippen molar-refractivity contribution in [2.75, 3.05) is 6.54 Å². The minimum Gasteiger partial charge on any atom is -0.348 e. The first kappa shape index (κ1) is 16.7. The molecule has 1 aromatic carbocycles.